The van der Waals surface area contributed by atoms with Gasteiger partial charge in [-0.1, -0.05) is 12.1 Å². The van der Waals surface area contributed by atoms with Crippen LogP contribution in [0.2, 0.25) is 0 Å². The number of rotatable bonds is 3. The molecule has 3 heteroatoms. The van der Waals surface area contributed by atoms with Crippen LogP contribution in [0.4, 0.5) is 5.69 Å². The first-order valence-electron chi connectivity index (χ1n) is 5.68. The fourth-order valence-corrected chi connectivity index (χ4v) is 2.53. The van der Waals surface area contributed by atoms with Crippen molar-refractivity contribution in [3.05, 3.63) is 35.8 Å². The van der Waals surface area contributed by atoms with Gasteiger partial charge >= 0.3 is 0 Å². The van der Waals surface area contributed by atoms with Crippen molar-refractivity contribution in [2.75, 3.05) is 5.32 Å². The lowest BCUT2D eigenvalue weighted by atomic mass is 9.93. The minimum Gasteiger partial charge on any atom is -0.382 e. The van der Waals surface area contributed by atoms with Gasteiger partial charge < -0.3 is 5.32 Å². The summed E-state index contributed by atoms with van der Waals surface area (Å²) < 4.78 is 0. The Bertz CT molecular complexity index is 461. The lowest BCUT2D eigenvalue weighted by Crippen LogP contribution is -2.26. The third kappa shape index (κ3) is 1.95. The number of benzene rings is 1. The van der Waals surface area contributed by atoms with Crippen molar-refractivity contribution < 1.29 is 0 Å². The molecular formula is C13H14N2S. The Balaban J connectivity index is 1.82. The van der Waals surface area contributed by atoms with Crippen molar-refractivity contribution in [2.24, 2.45) is 0 Å². The minimum absolute atomic E-state index is 0.687. The average molecular weight is 230 g/mol. The first-order chi connectivity index (χ1) is 7.92. The maximum absolute atomic E-state index is 4.33. The van der Waals surface area contributed by atoms with Gasteiger partial charge in [-0.15, -0.1) is 11.3 Å². The maximum atomic E-state index is 4.33. The van der Waals surface area contributed by atoms with Crippen molar-refractivity contribution in [3.63, 3.8) is 0 Å². The van der Waals surface area contributed by atoms with Crippen LogP contribution >= 0.6 is 11.3 Å². The van der Waals surface area contributed by atoms with Gasteiger partial charge in [0.15, 0.2) is 0 Å². The van der Waals surface area contributed by atoms with E-state index in [1.54, 1.807) is 11.3 Å². The van der Waals surface area contributed by atoms with Crippen molar-refractivity contribution in [2.45, 2.75) is 25.3 Å². The van der Waals surface area contributed by atoms with Gasteiger partial charge in [-0.05, 0) is 31.4 Å². The van der Waals surface area contributed by atoms with Gasteiger partial charge in [0.05, 0.1) is 0 Å². The molecule has 0 radical (unpaired) electrons. The SMILES string of the molecule is c1cc(NC2CCC2)cc(-c2nccs2)c1. The number of hydrogen-bond donors (Lipinski definition) is 1. The molecule has 0 bridgehead atoms. The van der Waals surface area contributed by atoms with Crippen molar-refractivity contribution >= 4 is 17.0 Å². The van der Waals surface area contributed by atoms with E-state index in [1.807, 2.05) is 11.6 Å². The number of aromatic nitrogens is 1. The van der Waals surface area contributed by atoms with Crippen LogP contribution < -0.4 is 5.32 Å². The molecule has 16 heavy (non-hydrogen) atoms. The molecule has 1 fully saturated rings. The van der Waals surface area contributed by atoms with Crippen LogP contribution in [0.25, 0.3) is 10.6 Å². The minimum atomic E-state index is 0.687. The van der Waals surface area contributed by atoms with Gasteiger partial charge in [0, 0.05) is 28.9 Å². The highest BCUT2D eigenvalue weighted by atomic mass is 32.1. The Kier molecular flexibility index (Phi) is 2.62. The number of thiazole rings is 1. The quantitative estimate of drug-likeness (QED) is 0.868. The highest BCUT2D eigenvalue weighted by Gasteiger charge is 2.16. The topological polar surface area (TPSA) is 24.9 Å². The molecule has 0 atom stereocenters. The number of nitrogens with zero attached hydrogens (tertiary/aromatic N) is 1. The second-order valence-corrected chi connectivity index (χ2v) is 5.08. The fraction of sp³-hybridized carbons (Fsp3) is 0.308. The molecule has 2 nitrogen and oxygen atoms in total. The maximum Gasteiger partial charge on any atom is 0.123 e. The first-order valence-corrected chi connectivity index (χ1v) is 6.56. The summed E-state index contributed by atoms with van der Waals surface area (Å²) in [6.45, 7) is 0. The summed E-state index contributed by atoms with van der Waals surface area (Å²) in [5, 5.41) is 6.67. The Labute approximate surface area is 99.4 Å². The van der Waals surface area contributed by atoms with Crippen LogP contribution in [0.5, 0.6) is 0 Å². The van der Waals surface area contributed by atoms with Crippen LogP contribution in [0.15, 0.2) is 35.8 Å². The van der Waals surface area contributed by atoms with Crippen LogP contribution in [0, 0.1) is 0 Å². The highest BCUT2D eigenvalue weighted by Crippen LogP contribution is 2.27. The van der Waals surface area contributed by atoms with E-state index >= 15 is 0 Å². The van der Waals surface area contributed by atoms with Crippen LogP contribution in [-0.2, 0) is 0 Å². The predicted molar refractivity (Wildman–Crippen MR) is 68.8 cm³/mol. The van der Waals surface area contributed by atoms with Gasteiger partial charge in [0.25, 0.3) is 0 Å². The molecule has 1 N–H and O–H groups in total. The lowest BCUT2D eigenvalue weighted by Gasteiger charge is -2.27. The summed E-state index contributed by atoms with van der Waals surface area (Å²) in [7, 11) is 0. The Morgan fingerprint density at radius 3 is 2.94 bits per heavy atom. The third-order valence-electron chi connectivity index (χ3n) is 3.02. The summed E-state index contributed by atoms with van der Waals surface area (Å²) >= 11 is 1.68. The molecule has 1 aromatic heterocycles. The number of nitrogens with one attached hydrogen (secondary N) is 1. The van der Waals surface area contributed by atoms with Crippen molar-refractivity contribution in [3.8, 4) is 10.6 Å². The molecule has 0 unspecified atom stereocenters. The molecule has 3 rings (SSSR count). The largest absolute Gasteiger partial charge is 0.382 e. The molecule has 2 aromatic rings. The van der Waals surface area contributed by atoms with E-state index in [0.29, 0.717) is 6.04 Å². The van der Waals surface area contributed by atoms with Crippen LogP contribution in [0.1, 0.15) is 19.3 Å². The van der Waals surface area contributed by atoms with Gasteiger partial charge in [-0.25, -0.2) is 4.98 Å². The summed E-state index contributed by atoms with van der Waals surface area (Å²) in [6, 6.07) is 9.22. The summed E-state index contributed by atoms with van der Waals surface area (Å²) in [4.78, 5) is 4.33. The smallest absolute Gasteiger partial charge is 0.123 e. The Morgan fingerprint density at radius 1 is 1.31 bits per heavy atom. The summed E-state index contributed by atoms with van der Waals surface area (Å²) in [5.41, 5.74) is 2.43. The standard InChI is InChI=1S/C13H14N2S/c1-3-10(13-14-7-8-16-13)9-12(6-1)15-11-4-2-5-11/h1,3,6-9,11,15H,2,4-5H2. The van der Waals surface area contributed by atoms with Crippen molar-refractivity contribution in [1.82, 2.24) is 4.98 Å². The Hall–Kier alpha value is -1.35. The molecule has 0 saturated heterocycles. The summed E-state index contributed by atoms with van der Waals surface area (Å²) in [6.07, 6.45) is 5.83. The molecule has 1 heterocycles. The zero-order chi connectivity index (χ0) is 10.8. The first kappa shape index (κ1) is 9.85. The normalized spacial score (nSPS) is 15.8. The molecule has 1 aromatic carbocycles. The van der Waals surface area contributed by atoms with E-state index in [9.17, 15) is 0 Å². The zero-order valence-electron chi connectivity index (χ0n) is 9.02. The van der Waals surface area contributed by atoms with Gasteiger partial charge in [0.2, 0.25) is 0 Å². The monoisotopic (exact) mass is 230 g/mol. The number of hydrogen-bond acceptors (Lipinski definition) is 3. The molecule has 0 spiro atoms. The number of anilines is 1. The van der Waals surface area contributed by atoms with Gasteiger partial charge in [0.1, 0.15) is 5.01 Å². The molecule has 1 aliphatic carbocycles. The van der Waals surface area contributed by atoms with Crippen molar-refractivity contribution in [1.29, 1.82) is 0 Å². The molecule has 1 saturated carbocycles. The predicted octanol–water partition coefficient (Wildman–Crippen LogP) is 3.77. The molecular weight excluding hydrogens is 216 g/mol. The van der Waals surface area contributed by atoms with Crippen LogP contribution in [-0.4, -0.2) is 11.0 Å². The highest BCUT2D eigenvalue weighted by molar-refractivity contribution is 7.13. The second-order valence-electron chi connectivity index (χ2n) is 4.19. The molecule has 0 aliphatic heterocycles. The fourth-order valence-electron chi connectivity index (χ4n) is 1.90. The lowest BCUT2D eigenvalue weighted by molar-refractivity contribution is 0.445. The van der Waals surface area contributed by atoms with E-state index in [4.69, 9.17) is 0 Å². The van der Waals surface area contributed by atoms with E-state index in [2.05, 4.69) is 34.6 Å². The van der Waals surface area contributed by atoms with E-state index in [0.717, 1.165) is 5.01 Å². The van der Waals surface area contributed by atoms with Gasteiger partial charge in [-0.3, -0.25) is 0 Å². The molecule has 82 valence electrons. The van der Waals surface area contributed by atoms with Crippen LogP contribution in [0.3, 0.4) is 0 Å². The van der Waals surface area contributed by atoms with E-state index in [1.165, 1.54) is 30.5 Å². The zero-order valence-corrected chi connectivity index (χ0v) is 9.83. The Morgan fingerprint density at radius 2 is 2.25 bits per heavy atom. The van der Waals surface area contributed by atoms with E-state index < -0.39 is 0 Å². The van der Waals surface area contributed by atoms with E-state index in [-0.39, 0.29) is 0 Å². The third-order valence-corrected chi connectivity index (χ3v) is 3.84. The molecule has 1 aliphatic rings. The average Bonchev–Trinajstić information content (AvgIpc) is 2.77. The molecule has 0 amide bonds. The van der Waals surface area contributed by atoms with Gasteiger partial charge in [-0.2, -0.15) is 0 Å². The summed E-state index contributed by atoms with van der Waals surface area (Å²) in [5.74, 6) is 0. The second kappa shape index (κ2) is 4.26.